The smallest absolute Gasteiger partial charge is 0.309 e. The molecule has 2 rings (SSSR count). The van der Waals surface area contributed by atoms with Crippen molar-refractivity contribution in [2.24, 2.45) is 11.8 Å². The van der Waals surface area contributed by atoms with Crippen LogP contribution in [0.4, 0.5) is 0 Å². The lowest BCUT2D eigenvalue weighted by atomic mass is 9.83. The van der Waals surface area contributed by atoms with Crippen molar-refractivity contribution in [1.29, 1.82) is 0 Å². The van der Waals surface area contributed by atoms with Crippen molar-refractivity contribution in [2.75, 3.05) is 19.7 Å². The fourth-order valence-electron chi connectivity index (χ4n) is 3.48. The number of aldehydes is 1. The molecule has 0 bridgehead atoms. The van der Waals surface area contributed by atoms with E-state index in [4.69, 9.17) is 4.74 Å². The number of carbonyl (C=O) groups excluding carboxylic acids is 2. The molecule has 4 nitrogen and oxygen atoms in total. The molecule has 1 aliphatic carbocycles. The van der Waals surface area contributed by atoms with E-state index in [1.54, 1.807) is 0 Å². The summed E-state index contributed by atoms with van der Waals surface area (Å²) in [6, 6.07) is 0.411. The van der Waals surface area contributed by atoms with Gasteiger partial charge in [0.05, 0.1) is 12.5 Å². The molecule has 19 heavy (non-hydrogen) atoms. The molecule has 2 atom stereocenters. The Balaban J connectivity index is 1.85. The summed E-state index contributed by atoms with van der Waals surface area (Å²) in [6.45, 7) is 4.18. The van der Waals surface area contributed by atoms with Gasteiger partial charge in [0, 0.05) is 12.0 Å². The first kappa shape index (κ1) is 14.5. The fraction of sp³-hybridized carbons (Fsp3) is 0.867. The summed E-state index contributed by atoms with van der Waals surface area (Å²) < 4.78 is 5.09. The van der Waals surface area contributed by atoms with E-state index < -0.39 is 0 Å². The van der Waals surface area contributed by atoms with Crippen molar-refractivity contribution >= 4 is 12.3 Å². The maximum Gasteiger partial charge on any atom is 0.309 e. The van der Waals surface area contributed by atoms with E-state index in [0.717, 1.165) is 45.1 Å². The van der Waals surface area contributed by atoms with Crippen LogP contribution in [0.15, 0.2) is 0 Å². The number of nitrogens with zero attached hydrogens (tertiary/aromatic N) is 1. The number of piperidine rings is 1. The molecular weight excluding hydrogens is 242 g/mol. The summed E-state index contributed by atoms with van der Waals surface area (Å²) in [5, 5.41) is 0. The lowest BCUT2D eigenvalue weighted by Crippen LogP contribution is -2.47. The molecule has 1 heterocycles. The Bertz CT molecular complexity index is 311. The van der Waals surface area contributed by atoms with Gasteiger partial charge in [-0.25, -0.2) is 0 Å². The summed E-state index contributed by atoms with van der Waals surface area (Å²) in [6.07, 6.45) is 7.47. The van der Waals surface area contributed by atoms with E-state index in [1.165, 1.54) is 12.8 Å². The molecule has 2 unspecified atom stereocenters. The predicted octanol–water partition coefficient (Wildman–Crippen LogP) is 2.02. The summed E-state index contributed by atoms with van der Waals surface area (Å²) in [5.41, 5.74) is 0. The van der Waals surface area contributed by atoms with Gasteiger partial charge in [0.1, 0.15) is 6.29 Å². The van der Waals surface area contributed by atoms with E-state index >= 15 is 0 Å². The van der Waals surface area contributed by atoms with Gasteiger partial charge in [-0.05, 0) is 45.7 Å². The molecule has 0 N–H and O–H groups in total. The van der Waals surface area contributed by atoms with Crippen LogP contribution in [-0.2, 0) is 14.3 Å². The third-order valence-corrected chi connectivity index (χ3v) is 4.57. The average Bonchev–Trinajstić information content (AvgIpc) is 2.47. The minimum Gasteiger partial charge on any atom is -0.466 e. The molecule has 4 heteroatoms. The third-order valence-electron chi connectivity index (χ3n) is 4.57. The van der Waals surface area contributed by atoms with Crippen LogP contribution in [0.3, 0.4) is 0 Å². The first-order chi connectivity index (χ1) is 9.26. The van der Waals surface area contributed by atoms with Gasteiger partial charge in [0.15, 0.2) is 0 Å². The van der Waals surface area contributed by atoms with Crippen LogP contribution in [0.2, 0.25) is 0 Å². The normalized spacial score (nSPS) is 29.9. The second kappa shape index (κ2) is 7.04. The van der Waals surface area contributed by atoms with E-state index in [2.05, 4.69) is 4.90 Å². The van der Waals surface area contributed by atoms with Crippen LogP contribution >= 0.6 is 0 Å². The Morgan fingerprint density at radius 1 is 1.21 bits per heavy atom. The highest BCUT2D eigenvalue weighted by atomic mass is 16.5. The second-order valence-electron chi connectivity index (χ2n) is 5.71. The summed E-state index contributed by atoms with van der Waals surface area (Å²) in [4.78, 5) is 25.3. The van der Waals surface area contributed by atoms with Crippen LogP contribution < -0.4 is 0 Å². The lowest BCUT2D eigenvalue weighted by Gasteiger charge is -2.41. The molecule has 1 aliphatic heterocycles. The predicted molar refractivity (Wildman–Crippen MR) is 72.7 cm³/mol. The number of rotatable bonds is 4. The molecule has 108 valence electrons. The second-order valence-corrected chi connectivity index (χ2v) is 5.71. The zero-order chi connectivity index (χ0) is 13.7. The van der Waals surface area contributed by atoms with Gasteiger partial charge >= 0.3 is 5.97 Å². The maximum atomic E-state index is 11.7. The monoisotopic (exact) mass is 267 g/mol. The van der Waals surface area contributed by atoms with Gasteiger partial charge in [-0.2, -0.15) is 0 Å². The number of carbonyl (C=O) groups is 2. The minimum atomic E-state index is -0.0438. The zero-order valence-corrected chi connectivity index (χ0v) is 11.8. The van der Waals surface area contributed by atoms with E-state index in [0.29, 0.717) is 12.6 Å². The number of hydrogen-bond donors (Lipinski definition) is 0. The molecule has 0 spiro atoms. The Morgan fingerprint density at radius 3 is 2.53 bits per heavy atom. The van der Waals surface area contributed by atoms with Gasteiger partial charge in [-0.3, -0.25) is 9.69 Å². The quantitative estimate of drug-likeness (QED) is 0.577. The van der Waals surface area contributed by atoms with Crippen LogP contribution in [0.25, 0.3) is 0 Å². The number of ether oxygens (including phenoxy) is 1. The Hall–Kier alpha value is -0.900. The standard InChI is InChI=1S/C15H25NO3/c1-2-19-15(18)12-7-9-16(10-8-12)14-6-4-3-5-13(14)11-17/h11-14H,2-10H2,1H3. The Labute approximate surface area is 115 Å². The van der Waals surface area contributed by atoms with Gasteiger partial charge in [0.25, 0.3) is 0 Å². The topological polar surface area (TPSA) is 46.6 Å². The Morgan fingerprint density at radius 2 is 1.89 bits per heavy atom. The number of esters is 1. The maximum absolute atomic E-state index is 11.7. The van der Waals surface area contributed by atoms with Crippen LogP contribution in [0.1, 0.15) is 45.4 Å². The van der Waals surface area contributed by atoms with Crippen molar-refractivity contribution in [3.63, 3.8) is 0 Å². The van der Waals surface area contributed by atoms with Crippen molar-refractivity contribution < 1.29 is 14.3 Å². The highest BCUT2D eigenvalue weighted by Gasteiger charge is 2.34. The fourth-order valence-corrected chi connectivity index (χ4v) is 3.48. The molecule has 2 fully saturated rings. The molecular formula is C15H25NO3. The highest BCUT2D eigenvalue weighted by Crippen LogP contribution is 2.30. The van der Waals surface area contributed by atoms with Crippen LogP contribution in [0, 0.1) is 11.8 Å². The molecule has 0 aromatic carbocycles. The first-order valence-electron chi connectivity index (χ1n) is 7.62. The van der Waals surface area contributed by atoms with Gasteiger partial charge in [0.2, 0.25) is 0 Å². The molecule has 1 saturated carbocycles. The van der Waals surface area contributed by atoms with E-state index in [-0.39, 0.29) is 17.8 Å². The molecule has 2 aliphatic rings. The highest BCUT2D eigenvalue weighted by molar-refractivity contribution is 5.72. The number of hydrogen-bond acceptors (Lipinski definition) is 4. The van der Waals surface area contributed by atoms with E-state index in [1.807, 2.05) is 6.92 Å². The summed E-state index contributed by atoms with van der Waals surface area (Å²) in [5.74, 6) is 0.222. The zero-order valence-electron chi connectivity index (χ0n) is 11.8. The number of likely N-dealkylation sites (tertiary alicyclic amines) is 1. The average molecular weight is 267 g/mol. The molecule has 0 aromatic heterocycles. The van der Waals surface area contributed by atoms with Crippen molar-refractivity contribution in [1.82, 2.24) is 4.90 Å². The third kappa shape index (κ3) is 3.56. The molecule has 0 aromatic rings. The van der Waals surface area contributed by atoms with Crippen molar-refractivity contribution in [3.05, 3.63) is 0 Å². The summed E-state index contributed by atoms with van der Waals surface area (Å²) in [7, 11) is 0. The van der Waals surface area contributed by atoms with Gasteiger partial charge in [-0.1, -0.05) is 12.8 Å². The lowest BCUT2D eigenvalue weighted by molar-refractivity contribution is -0.150. The van der Waals surface area contributed by atoms with Crippen molar-refractivity contribution in [2.45, 2.75) is 51.5 Å². The van der Waals surface area contributed by atoms with Gasteiger partial charge in [-0.15, -0.1) is 0 Å². The van der Waals surface area contributed by atoms with Crippen LogP contribution in [0.5, 0.6) is 0 Å². The SMILES string of the molecule is CCOC(=O)C1CCN(C2CCCCC2C=O)CC1. The first-order valence-corrected chi connectivity index (χ1v) is 7.62. The largest absolute Gasteiger partial charge is 0.466 e. The van der Waals surface area contributed by atoms with Crippen LogP contribution in [-0.4, -0.2) is 42.9 Å². The molecule has 1 saturated heterocycles. The minimum absolute atomic E-state index is 0.0438. The molecule has 0 amide bonds. The van der Waals surface area contributed by atoms with Crippen molar-refractivity contribution in [3.8, 4) is 0 Å². The summed E-state index contributed by atoms with van der Waals surface area (Å²) >= 11 is 0. The molecule has 0 radical (unpaired) electrons. The Kier molecular flexibility index (Phi) is 5.37. The van der Waals surface area contributed by atoms with Gasteiger partial charge < -0.3 is 9.53 Å². The van der Waals surface area contributed by atoms with E-state index in [9.17, 15) is 9.59 Å².